The van der Waals surface area contributed by atoms with Crippen LogP contribution in [0.4, 0.5) is 5.13 Å². The Hall–Kier alpha value is -1.35. The third-order valence-electron chi connectivity index (χ3n) is 2.72. The van der Waals surface area contributed by atoms with Gasteiger partial charge in [-0.2, -0.15) is 0 Å². The number of nitrogens with two attached hydrogens (primary N) is 1. The van der Waals surface area contributed by atoms with Crippen molar-refractivity contribution in [2.45, 2.75) is 20.8 Å². The van der Waals surface area contributed by atoms with E-state index in [2.05, 4.69) is 37.9 Å². The number of hydrogen-bond acceptors (Lipinski definition) is 3. The Bertz CT molecular complexity index is 500. The number of nitrogen functional groups attached to an aromatic ring is 1. The first kappa shape index (κ1) is 10.2. The minimum Gasteiger partial charge on any atom is -0.375 e. The quantitative estimate of drug-likeness (QED) is 0.797. The van der Waals surface area contributed by atoms with E-state index < -0.39 is 0 Å². The van der Waals surface area contributed by atoms with Crippen molar-refractivity contribution >= 4 is 16.5 Å². The van der Waals surface area contributed by atoms with Crippen LogP contribution in [0.2, 0.25) is 0 Å². The number of benzene rings is 1. The molecule has 0 aliphatic rings. The first-order chi connectivity index (χ1) is 7.09. The highest BCUT2D eigenvalue weighted by Gasteiger charge is 2.10. The van der Waals surface area contributed by atoms with Crippen LogP contribution >= 0.6 is 11.3 Å². The molecule has 1 aromatic carbocycles. The monoisotopic (exact) mass is 218 g/mol. The Balaban J connectivity index is 2.66. The molecule has 2 nitrogen and oxygen atoms in total. The maximum atomic E-state index is 5.66. The van der Waals surface area contributed by atoms with E-state index in [0.29, 0.717) is 5.13 Å². The highest BCUT2D eigenvalue weighted by molar-refractivity contribution is 7.13. The van der Waals surface area contributed by atoms with E-state index in [1.807, 2.05) is 5.38 Å². The summed E-state index contributed by atoms with van der Waals surface area (Å²) in [5.74, 6) is 0. The van der Waals surface area contributed by atoms with Crippen molar-refractivity contribution in [3.05, 3.63) is 34.2 Å². The molecule has 0 atom stereocenters. The number of thiazole rings is 1. The second kappa shape index (κ2) is 3.66. The molecule has 2 N–H and O–H groups in total. The van der Waals surface area contributed by atoms with Crippen molar-refractivity contribution in [1.29, 1.82) is 0 Å². The number of aryl methyl sites for hydroxylation is 2. The topological polar surface area (TPSA) is 38.9 Å². The Morgan fingerprint density at radius 3 is 2.40 bits per heavy atom. The van der Waals surface area contributed by atoms with Gasteiger partial charge in [-0.1, -0.05) is 12.1 Å². The van der Waals surface area contributed by atoms with E-state index in [1.165, 1.54) is 33.6 Å². The smallest absolute Gasteiger partial charge is 0.180 e. The standard InChI is InChI=1S/C12H14N2S/c1-7-4-5-8(2)11(9(7)3)10-6-15-12(13)14-10/h4-6H,1-3H3,(H2,13,14). The van der Waals surface area contributed by atoms with E-state index in [0.717, 1.165) is 5.69 Å². The van der Waals surface area contributed by atoms with Crippen molar-refractivity contribution in [1.82, 2.24) is 4.98 Å². The zero-order valence-electron chi connectivity index (χ0n) is 9.16. The Morgan fingerprint density at radius 2 is 1.80 bits per heavy atom. The van der Waals surface area contributed by atoms with Crippen molar-refractivity contribution in [2.75, 3.05) is 5.73 Å². The summed E-state index contributed by atoms with van der Waals surface area (Å²) in [6.45, 7) is 6.36. The van der Waals surface area contributed by atoms with Crippen molar-refractivity contribution in [3.63, 3.8) is 0 Å². The molecule has 2 rings (SSSR count). The fourth-order valence-electron chi connectivity index (χ4n) is 1.75. The van der Waals surface area contributed by atoms with Gasteiger partial charge in [-0.25, -0.2) is 4.98 Å². The van der Waals surface area contributed by atoms with Gasteiger partial charge in [0.2, 0.25) is 0 Å². The maximum absolute atomic E-state index is 5.66. The second-order valence-electron chi connectivity index (χ2n) is 3.77. The lowest BCUT2D eigenvalue weighted by Gasteiger charge is -2.09. The Labute approximate surface area is 93.8 Å². The summed E-state index contributed by atoms with van der Waals surface area (Å²) in [5, 5.41) is 2.65. The average molecular weight is 218 g/mol. The third kappa shape index (κ3) is 1.75. The summed E-state index contributed by atoms with van der Waals surface area (Å²) in [6, 6.07) is 4.27. The average Bonchev–Trinajstić information content (AvgIpc) is 2.59. The van der Waals surface area contributed by atoms with Crippen molar-refractivity contribution in [3.8, 4) is 11.3 Å². The number of hydrogen-bond donors (Lipinski definition) is 1. The van der Waals surface area contributed by atoms with E-state index >= 15 is 0 Å². The number of nitrogens with zero attached hydrogens (tertiary/aromatic N) is 1. The number of anilines is 1. The molecule has 0 saturated carbocycles. The summed E-state index contributed by atoms with van der Waals surface area (Å²) in [4.78, 5) is 4.34. The lowest BCUT2D eigenvalue weighted by Crippen LogP contribution is -1.92. The normalized spacial score (nSPS) is 10.6. The van der Waals surface area contributed by atoms with Crippen molar-refractivity contribution in [2.24, 2.45) is 0 Å². The van der Waals surface area contributed by atoms with E-state index in [9.17, 15) is 0 Å². The molecular formula is C12H14N2S. The zero-order valence-corrected chi connectivity index (χ0v) is 9.98. The molecule has 78 valence electrons. The molecule has 0 aliphatic carbocycles. The molecule has 0 unspecified atom stereocenters. The van der Waals surface area contributed by atoms with Crippen LogP contribution in [0.25, 0.3) is 11.3 Å². The van der Waals surface area contributed by atoms with Gasteiger partial charge < -0.3 is 5.73 Å². The van der Waals surface area contributed by atoms with Gasteiger partial charge in [-0.05, 0) is 37.5 Å². The van der Waals surface area contributed by atoms with Gasteiger partial charge in [-0.15, -0.1) is 11.3 Å². The molecule has 3 heteroatoms. The predicted molar refractivity (Wildman–Crippen MR) is 66.2 cm³/mol. The molecule has 2 aromatic rings. The highest BCUT2D eigenvalue weighted by atomic mass is 32.1. The summed E-state index contributed by atoms with van der Waals surface area (Å²) in [5.41, 5.74) is 11.7. The Kier molecular flexibility index (Phi) is 2.49. The molecule has 1 aromatic heterocycles. The van der Waals surface area contributed by atoms with Crippen LogP contribution in [0.15, 0.2) is 17.5 Å². The molecule has 0 saturated heterocycles. The zero-order chi connectivity index (χ0) is 11.0. The van der Waals surface area contributed by atoms with Gasteiger partial charge in [0.15, 0.2) is 5.13 Å². The molecule has 0 radical (unpaired) electrons. The minimum absolute atomic E-state index is 0.630. The van der Waals surface area contributed by atoms with E-state index in [-0.39, 0.29) is 0 Å². The summed E-state index contributed by atoms with van der Waals surface area (Å²) < 4.78 is 0. The summed E-state index contributed by atoms with van der Waals surface area (Å²) in [6.07, 6.45) is 0. The SMILES string of the molecule is Cc1ccc(C)c(-c2csc(N)n2)c1C. The van der Waals surface area contributed by atoms with Crippen LogP contribution in [0.3, 0.4) is 0 Å². The van der Waals surface area contributed by atoms with Gasteiger partial charge in [-0.3, -0.25) is 0 Å². The fourth-order valence-corrected chi connectivity index (χ4v) is 2.30. The van der Waals surface area contributed by atoms with Crippen molar-refractivity contribution < 1.29 is 0 Å². The molecule has 0 amide bonds. The van der Waals surface area contributed by atoms with Gasteiger partial charge in [0.1, 0.15) is 0 Å². The lowest BCUT2D eigenvalue weighted by molar-refractivity contribution is 1.27. The molecule has 0 bridgehead atoms. The number of rotatable bonds is 1. The van der Waals surface area contributed by atoms with E-state index in [1.54, 1.807) is 0 Å². The third-order valence-corrected chi connectivity index (χ3v) is 3.40. The maximum Gasteiger partial charge on any atom is 0.180 e. The van der Waals surface area contributed by atoms with Crippen LogP contribution in [-0.2, 0) is 0 Å². The first-order valence-corrected chi connectivity index (χ1v) is 5.75. The molecular weight excluding hydrogens is 204 g/mol. The van der Waals surface area contributed by atoms with Crippen LogP contribution in [0.5, 0.6) is 0 Å². The highest BCUT2D eigenvalue weighted by Crippen LogP contribution is 2.30. The second-order valence-corrected chi connectivity index (χ2v) is 4.66. The predicted octanol–water partition coefficient (Wildman–Crippen LogP) is 3.32. The Morgan fingerprint density at radius 1 is 1.13 bits per heavy atom. The lowest BCUT2D eigenvalue weighted by atomic mass is 9.97. The molecule has 0 fully saturated rings. The van der Waals surface area contributed by atoms with E-state index in [4.69, 9.17) is 5.73 Å². The summed E-state index contributed by atoms with van der Waals surface area (Å²) in [7, 11) is 0. The summed E-state index contributed by atoms with van der Waals surface area (Å²) >= 11 is 1.49. The molecule has 15 heavy (non-hydrogen) atoms. The molecule has 1 heterocycles. The first-order valence-electron chi connectivity index (χ1n) is 4.88. The van der Waals surface area contributed by atoms with Gasteiger partial charge >= 0.3 is 0 Å². The van der Waals surface area contributed by atoms with Crippen LogP contribution in [0, 0.1) is 20.8 Å². The molecule has 0 spiro atoms. The van der Waals surface area contributed by atoms with Crippen LogP contribution in [-0.4, -0.2) is 4.98 Å². The fraction of sp³-hybridized carbons (Fsp3) is 0.250. The molecule has 0 aliphatic heterocycles. The number of aromatic nitrogens is 1. The van der Waals surface area contributed by atoms with Gasteiger partial charge in [0.05, 0.1) is 5.69 Å². The van der Waals surface area contributed by atoms with Crippen LogP contribution in [0.1, 0.15) is 16.7 Å². The van der Waals surface area contributed by atoms with Gasteiger partial charge in [0, 0.05) is 10.9 Å². The van der Waals surface area contributed by atoms with Gasteiger partial charge in [0.25, 0.3) is 0 Å². The largest absolute Gasteiger partial charge is 0.375 e. The van der Waals surface area contributed by atoms with Crippen LogP contribution < -0.4 is 5.73 Å². The minimum atomic E-state index is 0.630.